The van der Waals surface area contributed by atoms with Crippen LogP contribution < -0.4 is 11.0 Å². The van der Waals surface area contributed by atoms with Crippen LogP contribution in [-0.4, -0.2) is 14.1 Å². The van der Waals surface area contributed by atoms with E-state index >= 15 is 0 Å². The predicted molar refractivity (Wildman–Crippen MR) is 88.6 cm³/mol. The molecular formula is C16H16N4O3. The van der Waals surface area contributed by atoms with Crippen LogP contribution in [-0.2, 0) is 20.6 Å². The Balaban J connectivity index is 2.07. The van der Waals surface area contributed by atoms with Gasteiger partial charge in [-0.3, -0.25) is 19.2 Å². The number of nitrogens with one attached hydrogen (secondary N) is 1. The largest absolute Gasteiger partial charge is 0.375 e. The second-order valence-corrected chi connectivity index (χ2v) is 5.35. The Morgan fingerprint density at radius 2 is 1.70 bits per heavy atom. The Morgan fingerprint density at radius 1 is 1.09 bits per heavy atom. The molecule has 118 valence electrons. The predicted octanol–water partition coefficient (Wildman–Crippen LogP) is 2.40. The molecule has 0 radical (unpaired) electrons. The van der Waals surface area contributed by atoms with Gasteiger partial charge in [0.05, 0.1) is 16.0 Å². The molecule has 0 saturated heterocycles. The Labute approximate surface area is 131 Å². The molecule has 7 heteroatoms. The number of benzene rings is 2. The van der Waals surface area contributed by atoms with Crippen LogP contribution in [0.4, 0.5) is 11.4 Å². The number of rotatable bonds is 4. The van der Waals surface area contributed by atoms with Crippen LogP contribution in [0, 0.1) is 10.1 Å². The minimum Gasteiger partial charge on any atom is -0.375 e. The first-order valence-electron chi connectivity index (χ1n) is 7.10. The number of imidazole rings is 1. The molecular weight excluding hydrogens is 296 g/mol. The first-order valence-corrected chi connectivity index (χ1v) is 7.10. The highest BCUT2D eigenvalue weighted by molar-refractivity contribution is 5.85. The van der Waals surface area contributed by atoms with Gasteiger partial charge in [-0.25, -0.2) is 4.79 Å². The van der Waals surface area contributed by atoms with Crippen molar-refractivity contribution in [3.63, 3.8) is 0 Å². The van der Waals surface area contributed by atoms with Crippen molar-refractivity contribution in [1.29, 1.82) is 0 Å². The highest BCUT2D eigenvalue weighted by Crippen LogP contribution is 2.29. The molecule has 1 aromatic heterocycles. The van der Waals surface area contributed by atoms with Gasteiger partial charge in [-0.2, -0.15) is 0 Å². The Kier molecular flexibility index (Phi) is 3.61. The quantitative estimate of drug-likeness (QED) is 0.592. The number of nitro benzene ring substituents is 1. The molecule has 1 heterocycles. The van der Waals surface area contributed by atoms with Crippen molar-refractivity contribution in [3.8, 4) is 0 Å². The normalized spacial score (nSPS) is 10.9. The Hall–Kier alpha value is -3.09. The van der Waals surface area contributed by atoms with Crippen molar-refractivity contribution in [2.45, 2.75) is 6.54 Å². The molecule has 0 unspecified atom stereocenters. The topological polar surface area (TPSA) is 82.1 Å². The first-order chi connectivity index (χ1) is 11.0. The number of fused-ring (bicyclic) bond motifs is 1. The van der Waals surface area contributed by atoms with Crippen molar-refractivity contribution >= 4 is 22.4 Å². The average Bonchev–Trinajstić information content (AvgIpc) is 2.77. The third kappa shape index (κ3) is 2.57. The molecule has 7 nitrogen and oxygen atoms in total. The number of nitro groups is 1. The van der Waals surface area contributed by atoms with Gasteiger partial charge in [-0.05, 0) is 11.6 Å². The average molecular weight is 312 g/mol. The monoisotopic (exact) mass is 312 g/mol. The molecule has 0 aliphatic heterocycles. The van der Waals surface area contributed by atoms with E-state index in [2.05, 4.69) is 5.32 Å². The van der Waals surface area contributed by atoms with Gasteiger partial charge in [0, 0.05) is 26.7 Å². The number of anilines is 1. The molecule has 2 aromatic carbocycles. The van der Waals surface area contributed by atoms with E-state index in [9.17, 15) is 14.9 Å². The van der Waals surface area contributed by atoms with Crippen LogP contribution in [0.3, 0.4) is 0 Å². The smallest absolute Gasteiger partial charge is 0.328 e. The number of aromatic nitrogens is 2. The van der Waals surface area contributed by atoms with Crippen molar-refractivity contribution in [1.82, 2.24) is 9.13 Å². The summed E-state index contributed by atoms with van der Waals surface area (Å²) in [7, 11) is 3.25. The first kappa shape index (κ1) is 14.8. The van der Waals surface area contributed by atoms with Gasteiger partial charge in [-0.15, -0.1) is 0 Å². The van der Waals surface area contributed by atoms with Crippen LogP contribution in [0.2, 0.25) is 0 Å². The summed E-state index contributed by atoms with van der Waals surface area (Å²) >= 11 is 0. The minimum absolute atomic E-state index is 0.0466. The molecule has 0 aliphatic rings. The maximum Gasteiger partial charge on any atom is 0.328 e. The summed E-state index contributed by atoms with van der Waals surface area (Å²) in [5.41, 5.74) is 2.34. The molecule has 1 N–H and O–H groups in total. The van der Waals surface area contributed by atoms with E-state index in [1.165, 1.54) is 15.2 Å². The summed E-state index contributed by atoms with van der Waals surface area (Å²) in [5.74, 6) is 0. The van der Waals surface area contributed by atoms with E-state index < -0.39 is 4.92 Å². The SMILES string of the molecule is Cn1c(=O)n(C)c2cc([N+](=O)[O-])c(NCc3ccccc3)cc21. The van der Waals surface area contributed by atoms with Crippen LogP contribution >= 0.6 is 0 Å². The Bertz CT molecular complexity index is 941. The lowest BCUT2D eigenvalue weighted by molar-refractivity contribution is -0.383. The van der Waals surface area contributed by atoms with Crippen molar-refractivity contribution in [2.24, 2.45) is 14.1 Å². The van der Waals surface area contributed by atoms with E-state index in [1.54, 1.807) is 20.2 Å². The number of hydrogen-bond donors (Lipinski definition) is 1. The van der Waals surface area contributed by atoms with E-state index in [1.807, 2.05) is 30.3 Å². The zero-order chi connectivity index (χ0) is 16.6. The molecule has 0 spiro atoms. The summed E-state index contributed by atoms with van der Waals surface area (Å²) in [6.45, 7) is 0.466. The van der Waals surface area contributed by atoms with Crippen molar-refractivity contribution < 1.29 is 4.92 Å². The van der Waals surface area contributed by atoms with Gasteiger partial charge < -0.3 is 5.32 Å². The van der Waals surface area contributed by atoms with E-state index in [4.69, 9.17) is 0 Å². The fraction of sp³-hybridized carbons (Fsp3) is 0.188. The van der Waals surface area contributed by atoms with Crippen LogP contribution in [0.5, 0.6) is 0 Å². The zero-order valence-electron chi connectivity index (χ0n) is 12.8. The Morgan fingerprint density at radius 3 is 2.30 bits per heavy atom. The standard InChI is InChI=1S/C16H16N4O3/c1-18-14-8-12(17-10-11-6-4-3-5-7-11)13(20(22)23)9-15(14)19(2)16(18)21/h3-9,17H,10H2,1-2H3. The molecule has 0 atom stereocenters. The molecule has 0 fully saturated rings. The van der Waals surface area contributed by atoms with E-state index in [-0.39, 0.29) is 11.4 Å². The number of aryl methyl sites for hydroxylation is 2. The summed E-state index contributed by atoms with van der Waals surface area (Å²) in [6.07, 6.45) is 0. The fourth-order valence-electron chi connectivity index (χ4n) is 2.62. The van der Waals surface area contributed by atoms with Crippen LogP contribution in [0.25, 0.3) is 11.0 Å². The summed E-state index contributed by atoms with van der Waals surface area (Å²) < 4.78 is 2.88. The molecule has 0 aliphatic carbocycles. The summed E-state index contributed by atoms with van der Waals surface area (Å²) in [4.78, 5) is 22.9. The van der Waals surface area contributed by atoms with Gasteiger partial charge >= 0.3 is 5.69 Å². The lowest BCUT2D eigenvalue weighted by Crippen LogP contribution is -2.19. The molecule has 3 aromatic rings. The van der Waals surface area contributed by atoms with Gasteiger partial charge in [0.1, 0.15) is 5.69 Å². The maximum atomic E-state index is 12.0. The van der Waals surface area contributed by atoms with Gasteiger partial charge in [-0.1, -0.05) is 30.3 Å². The molecule has 0 saturated carbocycles. The van der Waals surface area contributed by atoms with Gasteiger partial charge in [0.25, 0.3) is 5.69 Å². The van der Waals surface area contributed by atoms with E-state index in [0.29, 0.717) is 23.3 Å². The second-order valence-electron chi connectivity index (χ2n) is 5.35. The third-order valence-corrected chi connectivity index (χ3v) is 3.91. The highest BCUT2D eigenvalue weighted by Gasteiger charge is 2.19. The van der Waals surface area contributed by atoms with Crippen molar-refractivity contribution in [2.75, 3.05) is 5.32 Å². The molecule has 0 bridgehead atoms. The van der Waals surface area contributed by atoms with Crippen LogP contribution in [0.1, 0.15) is 5.56 Å². The fourth-order valence-corrected chi connectivity index (χ4v) is 2.62. The van der Waals surface area contributed by atoms with Gasteiger partial charge in [0.2, 0.25) is 0 Å². The zero-order valence-corrected chi connectivity index (χ0v) is 12.8. The molecule has 0 amide bonds. The minimum atomic E-state index is -0.440. The maximum absolute atomic E-state index is 12.0. The third-order valence-electron chi connectivity index (χ3n) is 3.91. The number of hydrogen-bond acceptors (Lipinski definition) is 4. The second kappa shape index (κ2) is 5.60. The number of nitrogens with zero attached hydrogens (tertiary/aromatic N) is 3. The molecule has 23 heavy (non-hydrogen) atoms. The summed E-state index contributed by atoms with van der Waals surface area (Å²) in [6, 6.07) is 12.7. The van der Waals surface area contributed by atoms with Gasteiger partial charge in [0.15, 0.2) is 0 Å². The summed E-state index contributed by atoms with van der Waals surface area (Å²) in [5, 5.41) is 14.4. The van der Waals surface area contributed by atoms with Crippen molar-refractivity contribution in [3.05, 3.63) is 68.6 Å². The lowest BCUT2D eigenvalue weighted by atomic mass is 10.2. The lowest BCUT2D eigenvalue weighted by Gasteiger charge is -2.08. The molecule has 3 rings (SSSR count). The van der Waals surface area contributed by atoms with Crippen LogP contribution in [0.15, 0.2) is 47.3 Å². The highest BCUT2D eigenvalue weighted by atomic mass is 16.6. The van der Waals surface area contributed by atoms with E-state index in [0.717, 1.165) is 5.56 Å².